The van der Waals surface area contributed by atoms with E-state index in [2.05, 4.69) is 21.0 Å². The molecule has 112 valence electrons. The molecule has 0 bridgehead atoms. The van der Waals surface area contributed by atoms with E-state index >= 15 is 0 Å². The molecule has 0 amide bonds. The second-order valence-electron chi connectivity index (χ2n) is 6.04. The summed E-state index contributed by atoms with van der Waals surface area (Å²) in [5.74, 6) is -2.50. The van der Waals surface area contributed by atoms with E-state index < -0.39 is 5.92 Å². The number of hydrogen-bond donors (Lipinski definition) is 0. The Morgan fingerprint density at radius 3 is 2.75 bits per heavy atom. The van der Waals surface area contributed by atoms with Crippen LogP contribution in [0, 0.1) is 0 Å². The molecule has 0 aromatic carbocycles. The SMILES string of the molecule is FC1(F)CCCN(C2CCCC(n3cc(Br)cn3)C2)C1. The van der Waals surface area contributed by atoms with Crippen LogP contribution in [0.3, 0.4) is 0 Å². The van der Waals surface area contributed by atoms with Crippen LogP contribution >= 0.6 is 15.9 Å². The highest BCUT2D eigenvalue weighted by Gasteiger charge is 2.39. The van der Waals surface area contributed by atoms with Crippen molar-refractivity contribution in [2.75, 3.05) is 13.1 Å². The third kappa shape index (κ3) is 3.22. The molecule has 2 atom stereocenters. The smallest absolute Gasteiger partial charge is 0.260 e. The van der Waals surface area contributed by atoms with E-state index in [0.717, 1.165) is 36.7 Å². The van der Waals surface area contributed by atoms with E-state index in [-0.39, 0.29) is 19.0 Å². The molecular formula is C14H20BrF2N3. The van der Waals surface area contributed by atoms with Crippen molar-refractivity contribution in [2.24, 2.45) is 0 Å². The largest absolute Gasteiger partial charge is 0.294 e. The first-order valence-corrected chi connectivity index (χ1v) is 8.14. The van der Waals surface area contributed by atoms with Gasteiger partial charge in [0, 0.05) is 18.7 Å². The molecule has 2 fully saturated rings. The predicted octanol–water partition coefficient (Wildman–Crippen LogP) is 3.86. The standard InChI is InChI=1S/C14H20BrF2N3/c15-11-8-18-20(9-11)13-4-1-3-12(7-13)19-6-2-5-14(16,17)10-19/h8-9,12-13H,1-7,10H2. The third-order valence-electron chi connectivity index (χ3n) is 4.50. The van der Waals surface area contributed by atoms with Crippen LogP contribution < -0.4 is 0 Å². The Morgan fingerprint density at radius 2 is 2.05 bits per heavy atom. The molecule has 6 heteroatoms. The molecule has 3 nitrogen and oxygen atoms in total. The molecule has 1 aliphatic carbocycles. The molecule has 2 aliphatic rings. The van der Waals surface area contributed by atoms with Crippen molar-refractivity contribution in [1.29, 1.82) is 0 Å². The summed E-state index contributed by atoms with van der Waals surface area (Å²) in [6, 6.07) is 0.624. The summed E-state index contributed by atoms with van der Waals surface area (Å²) in [5.41, 5.74) is 0. The Balaban J connectivity index is 1.66. The second-order valence-corrected chi connectivity index (χ2v) is 6.96. The lowest BCUT2D eigenvalue weighted by Crippen LogP contribution is -2.49. The van der Waals surface area contributed by atoms with E-state index in [1.807, 2.05) is 15.8 Å². The second kappa shape index (κ2) is 5.72. The van der Waals surface area contributed by atoms with Gasteiger partial charge in [0.15, 0.2) is 0 Å². The van der Waals surface area contributed by atoms with Gasteiger partial charge in [0.1, 0.15) is 0 Å². The minimum atomic E-state index is -2.50. The van der Waals surface area contributed by atoms with Crippen molar-refractivity contribution in [3.63, 3.8) is 0 Å². The van der Waals surface area contributed by atoms with Crippen molar-refractivity contribution in [3.8, 4) is 0 Å². The number of piperidine rings is 1. The first-order valence-electron chi connectivity index (χ1n) is 7.35. The van der Waals surface area contributed by atoms with Crippen LogP contribution in [0.25, 0.3) is 0 Å². The maximum atomic E-state index is 13.6. The average molecular weight is 348 g/mol. The fourth-order valence-corrected chi connectivity index (χ4v) is 3.83. The Hall–Kier alpha value is -0.490. The first-order chi connectivity index (χ1) is 9.53. The minimum absolute atomic E-state index is 0.0474. The maximum Gasteiger partial charge on any atom is 0.260 e. The molecule has 1 aliphatic heterocycles. The van der Waals surface area contributed by atoms with Gasteiger partial charge in [-0.2, -0.15) is 5.10 Å². The van der Waals surface area contributed by atoms with Crippen LogP contribution in [0.4, 0.5) is 8.78 Å². The molecule has 1 aromatic rings. The summed E-state index contributed by atoms with van der Waals surface area (Å²) in [4.78, 5) is 2.01. The average Bonchev–Trinajstić information content (AvgIpc) is 2.85. The topological polar surface area (TPSA) is 21.1 Å². The van der Waals surface area contributed by atoms with Crippen LogP contribution in [0.15, 0.2) is 16.9 Å². The summed E-state index contributed by atoms with van der Waals surface area (Å²) in [5, 5.41) is 4.35. The van der Waals surface area contributed by atoms with E-state index in [9.17, 15) is 8.78 Å². The van der Waals surface area contributed by atoms with Gasteiger partial charge >= 0.3 is 0 Å². The lowest BCUT2D eigenvalue weighted by atomic mass is 9.88. The number of alkyl halides is 2. The molecule has 1 saturated carbocycles. The van der Waals surface area contributed by atoms with Crippen LogP contribution in [0.2, 0.25) is 0 Å². The van der Waals surface area contributed by atoms with Gasteiger partial charge < -0.3 is 0 Å². The Bertz CT molecular complexity index is 463. The van der Waals surface area contributed by atoms with Crippen molar-refractivity contribution in [2.45, 2.75) is 56.5 Å². The Labute approximate surface area is 126 Å². The van der Waals surface area contributed by atoms with Crippen LogP contribution in [-0.2, 0) is 0 Å². The number of nitrogens with zero attached hydrogens (tertiary/aromatic N) is 3. The summed E-state index contributed by atoms with van der Waals surface area (Å²) < 4.78 is 30.1. The number of aromatic nitrogens is 2. The molecule has 2 unspecified atom stereocenters. The molecular weight excluding hydrogens is 328 g/mol. The summed E-state index contributed by atoms with van der Waals surface area (Å²) >= 11 is 3.41. The monoisotopic (exact) mass is 347 g/mol. The molecule has 20 heavy (non-hydrogen) atoms. The van der Waals surface area contributed by atoms with E-state index in [4.69, 9.17) is 0 Å². The number of likely N-dealkylation sites (tertiary alicyclic amines) is 1. The van der Waals surface area contributed by atoms with Crippen molar-refractivity contribution in [3.05, 3.63) is 16.9 Å². The lowest BCUT2D eigenvalue weighted by Gasteiger charge is -2.41. The van der Waals surface area contributed by atoms with E-state index in [1.165, 1.54) is 0 Å². The van der Waals surface area contributed by atoms with Crippen LogP contribution in [0.1, 0.15) is 44.6 Å². The summed E-state index contributed by atoms with van der Waals surface area (Å²) in [7, 11) is 0. The normalized spacial score (nSPS) is 31.4. The first kappa shape index (κ1) is 14.4. The molecule has 2 heterocycles. The Morgan fingerprint density at radius 1 is 1.25 bits per heavy atom. The number of rotatable bonds is 2. The van der Waals surface area contributed by atoms with Gasteiger partial charge in [-0.1, -0.05) is 0 Å². The third-order valence-corrected chi connectivity index (χ3v) is 4.91. The van der Waals surface area contributed by atoms with Crippen LogP contribution in [-0.4, -0.2) is 39.7 Å². The molecule has 1 saturated heterocycles. The molecule has 0 radical (unpaired) electrons. The van der Waals surface area contributed by atoms with Gasteiger partial charge in [0.05, 0.1) is 23.3 Å². The zero-order valence-electron chi connectivity index (χ0n) is 11.4. The Kier molecular flexibility index (Phi) is 4.13. The van der Waals surface area contributed by atoms with Crippen molar-refractivity contribution < 1.29 is 8.78 Å². The van der Waals surface area contributed by atoms with E-state index in [1.54, 1.807) is 6.20 Å². The van der Waals surface area contributed by atoms with Gasteiger partial charge in [-0.3, -0.25) is 9.58 Å². The molecule has 0 spiro atoms. The molecule has 0 N–H and O–H groups in total. The zero-order valence-corrected chi connectivity index (χ0v) is 13.0. The molecule has 1 aromatic heterocycles. The number of halogens is 3. The highest BCUT2D eigenvalue weighted by atomic mass is 79.9. The lowest BCUT2D eigenvalue weighted by molar-refractivity contribution is -0.0803. The zero-order chi connectivity index (χ0) is 14.2. The molecule has 3 rings (SSSR count). The highest BCUT2D eigenvalue weighted by molar-refractivity contribution is 9.10. The maximum absolute atomic E-state index is 13.6. The highest BCUT2D eigenvalue weighted by Crippen LogP contribution is 2.35. The summed E-state index contributed by atoms with van der Waals surface area (Å²) in [6.07, 6.45) is 8.59. The fraction of sp³-hybridized carbons (Fsp3) is 0.786. The van der Waals surface area contributed by atoms with Gasteiger partial charge in [0.25, 0.3) is 5.92 Å². The predicted molar refractivity (Wildman–Crippen MR) is 77.0 cm³/mol. The van der Waals surface area contributed by atoms with Crippen molar-refractivity contribution in [1.82, 2.24) is 14.7 Å². The van der Waals surface area contributed by atoms with Crippen molar-refractivity contribution >= 4 is 15.9 Å². The summed E-state index contributed by atoms with van der Waals surface area (Å²) in [6.45, 7) is 0.753. The van der Waals surface area contributed by atoms with Gasteiger partial charge in [-0.05, 0) is 54.6 Å². The van der Waals surface area contributed by atoms with Gasteiger partial charge in [-0.25, -0.2) is 8.78 Å². The fourth-order valence-electron chi connectivity index (χ4n) is 3.53. The van der Waals surface area contributed by atoms with Gasteiger partial charge in [-0.15, -0.1) is 0 Å². The van der Waals surface area contributed by atoms with Gasteiger partial charge in [0.2, 0.25) is 0 Å². The van der Waals surface area contributed by atoms with E-state index in [0.29, 0.717) is 12.5 Å². The minimum Gasteiger partial charge on any atom is -0.294 e. The number of hydrogen-bond acceptors (Lipinski definition) is 2. The quantitative estimate of drug-likeness (QED) is 0.809. The van der Waals surface area contributed by atoms with Crippen LogP contribution in [0.5, 0.6) is 0 Å².